The maximum Gasteiger partial charge on any atom is 0.192 e. The van der Waals surface area contributed by atoms with Crippen LogP contribution in [0.2, 0.25) is 0 Å². The van der Waals surface area contributed by atoms with Gasteiger partial charge >= 0.3 is 0 Å². The third-order valence-electron chi connectivity index (χ3n) is 2.13. The van der Waals surface area contributed by atoms with Crippen LogP contribution in [0.25, 0.3) is 0 Å². The Hall–Kier alpha value is -1.59. The number of rotatable bonds is 4. The molecule has 4 nitrogen and oxygen atoms in total. The van der Waals surface area contributed by atoms with Gasteiger partial charge in [-0.2, -0.15) is 0 Å². The Morgan fingerprint density at radius 3 is 2.35 bits per heavy atom. The van der Waals surface area contributed by atoms with Crippen LogP contribution in [0.15, 0.2) is 46.7 Å². The summed E-state index contributed by atoms with van der Waals surface area (Å²) in [5.41, 5.74) is 0.712. The number of ether oxygens (including phenoxy) is 1. The smallest absolute Gasteiger partial charge is 0.192 e. The van der Waals surface area contributed by atoms with Gasteiger partial charge < -0.3 is 9.84 Å². The molecule has 2 aromatic rings. The number of aliphatic hydroxyl groups is 1. The van der Waals surface area contributed by atoms with Crippen molar-refractivity contribution in [3.8, 4) is 5.75 Å². The number of methoxy groups -OCH3 is 1. The molecule has 0 bridgehead atoms. The largest absolute Gasteiger partial charge is 0.497 e. The van der Waals surface area contributed by atoms with Gasteiger partial charge in [0, 0.05) is 22.9 Å². The van der Waals surface area contributed by atoms with Crippen molar-refractivity contribution < 1.29 is 9.84 Å². The van der Waals surface area contributed by atoms with Crippen LogP contribution >= 0.6 is 11.8 Å². The molecule has 17 heavy (non-hydrogen) atoms. The maximum absolute atomic E-state index is 8.88. The molecule has 0 saturated heterocycles. The van der Waals surface area contributed by atoms with Crippen LogP contribution in [0.3, 0.4) is 0 Å². The average molecular weight is 248 g/mol. The summed E-state index contributed by atoms with van der Waals surface area (Å²) in [6, 6.07) is 7.69. The summed E-state index contributed by atoms with van der Waals surface area (Å²) in [7, 11) is 1.64. The molecule has 0 aliphatic heterocycles. The van der Waals surface area contributed by atoms with E-state index in [-0.39, 0.29) is 6.61 Å². The second kappa shape index (κ2) is 5.65. The topological polar surface area (TPSA) is 55.2 Å². The lowest BCUT2D eigenvalue weighted by molar-refractivity contribution is 0.280. The van der Waals surface area contributed by atoms with Crippen LogP contribution in [-0.2, 0) is 6.61 Å². The molecule has 5 heteroatoms. The molecule has 0 aliphatic carbocycles. The second-order valence-electron chi connectivity index (χ2n) is 3.31. The van der Waals surface area contributed by atoms with E-state index in [0.29, 0.717) is 10.7 Å². The van der Waals surface area contributed by atoms with Gasteiger partial charge in [0.05, 0.1) is 13.7 Å². The van der Waals surface area contributed by atoms with Gasteiger partial charge in [-0.25, -0.2) is 9.97 Å². The normalized spacial score (nSPS) is 10.2. The monoisotopic (exact) mass is 248 g/mol. The van der Waals surface area contributed by atoms with Gasteiger partial charge in [-0.1, -0.05) is 0 Å². The van der Waals surface area contributed by atoms with Crippen molar-refractivity contribution >= 4 is 11.8 Å². The molecule has 0 saturated carbocycles. The summed E-state index contributed by atoms with van der Waals surface area (Å²) in [4.78, 5) is 9.34. The summed E-state index contributed by atoms with van der Waals surface area (Å²) in [5, 5.41) is 9.53. The Labute approximate surface area is 104 Å². The Morgan fingerprint density at radius 2 is 1.82 bits per heavy atom. The standard InChI is InChI=1S/C12H12N2O2S/c1-16-10-2-4-11(5-3-10)17-12-13-6-9(8-15)7-14-12/h2-7,15H,8H2,1H3. The zero-order chi connectivity index (χ0) is 12.1. The van der Waals surface area contributed by atoms with Gasteiger partial charge in [-0.3, -0.25) is 0 Å². The first-order chi connectivity index (χ1) is 8.31. The fourth-order valence-corrected chi connectivity index (χ4v) is 1.92. The van der Waals surface area contributed by atoms with Gasteiger partial charge in [0.1, 0.15) is 5.75 Å². The maximum atomic E-state index is 8.88. The van der Waals surface area contributed by atoms with E-state index in [9.17, 15) is 0 Å². The van der Waals surface area contributed by atoms with Crippen molar-refractivity contribution in [1.29, 1.82) is 0 Å². The van der Waals surface area contributed by atoms with Gasteiger partial charge in [0.2, 0.25) is 0 Å². The van der Waals surface area contributed by atoms with Crippen molar-refractivity contribution in [2.24, 2.45) is 0 Å². The van der Waals surface area contributed by atoms with E-state index in [1.54, 1.807) is 19.5 Å². The molecule has 0 atom stereocenters. The van der Waals surface area contributed by atoms with E-state index >= 15 is 0 Å². The summed E-state index contributed by atoms with van der Waals surface area (Å²) < 4.78 is 5.08. The molecular weight excluding hydrogens is 236 g/mol. The van der Waals surface area contributed by atoms with Crippen LogP contribution in [-0.4, -0.2) is 22.2 Å². The molecule has 0 aliphatic rings. The molecule has 1 aromatic heterocycles. The molecule has 0 fully saturated rings. The highest BCUT2D eigenvalue weighted by Gasteiger charge is 2.01. The number of benzene rings is 1. The molecule has 0 radical (unpaired) electrons. The SMILES string of the molecule is COc1ccc(Sc2ncc(CO)cn2)cc1. The molecule has 88 valence electrons. The minimum Gasteiger partial charge on any atom is -0.497 e. The predicted octanol–water partition coefficient (Wildman–Crippen LogP) is 2.13. The lowest BCUT2D eigenvalue weighted by atomic mass is 10.3. The minimum atomic E-state index is -0.0342. The van der Waals surface area contributed by atoms with Crippen LogP contribution in [0.5, 0.6) is 5.75 Å². The lowest BCUT2D eigenvalue weighted by Gasteiger charge is -2.02. The van der Waals surface area contributed by atoms with E-state index in [1.165, 1.54) is 11.8 Å². The van der Waals surface area contributed by atoms with Gasteiger partial charge in [0.15, 0.2) is 5.16 Å². The Balaban J connectivity index is 2.08. The second-order valence-corrected chi connectivity index (χ2v) is 4.35. The molecule has 0 unspecified atom stereocenters. The summed E-state index contributed by atoms with van der Waals surface area (Å²) >= 11 is 1.47. The zero-order valence-electron chi connectivity index (χ0n) is 9.33. The molecule has 0 spiro atoms. The predicted molar refractivity (Wildman–Crippen MR) is 65.1 cm³/mol. The van der Waals surface area contributed by atoms with Crippen molar-refractivity contribution in [2.75, 3.05) is 7.11 Å². The number of aromatic nitrogens is 2. The van der Waals surface area contributed by atoms with E-state index in [1.807, 2.05) is 24.3 Å². The Morgan fingerprint density at radius 1 is 1.18 bits per heavy atom. The van der Waals surface area contributed by atoms with E-state index < -0.39 is 0 Å². The van der Waals surface area contributed by atoms with E-state index in [0.717, 1.165) is 10.6 Å². The summed E-state index contributed by atoms with van der Waals surface area (Å²) in [6.45, 7) is -0.0342. The quantitative estimate of drug-likeness (QED) is 0.840. The fraction of sp³-hybridized carbons (Fsp3) is 0.167. The summed E-state index contributed by atoms with van der Waals surface area (Å²) in [5.74, 6) is 0.825. The zero-order valence-corrected chi connectivity index (χ0v) is 10.1. The molecule has 1 heterocycles. The van der Waals surface area contributed by atoms with Crippen molar-refractivity contribution in [2.45, 2.75) is 16.7 Å². The van der Waals surface area contributed by atoms with Crippen molar-refractivity contribution in [1.82, 2.24) is 9.97 Å². The van der Waals surface area contributed by atoms with Crippen LogP contribution in [0.1, 0.15) is 5.56 Å². The molecule has 1 N–H and O–H groups in total. The number of aliphatic hydroxyl groups excluding tert-OH is 1. The van der Waals surface area contributed by atoms with Crippen LogP contribution < -0.4 is 4.74 Å². The first kappa shape index (κ1) is 11.9. The van der Waals surface area contributed by atoms with Gasteiger partial charge in [0.25, 0.3) is 0 Å². The van der Waals surface area contributed by atoms with E-state index in [2.05, 4.69) is 9.97 Å². The van der Waals surface area contributed by atoms with Gasteiger partial charge in [-0.15, -0.1) is 0 Å². The van der Waals surface area contributed by atoms with Crippen molar-refractivity contribution in [3.05, 3.63) is 42.2 Å². The highest BCUT2D eigenvalue weighted by atomic mass is 32.2. The third kappa shape index (κ3) is 3.18. The fourth-order valence-electron chi connectivity index (χ4n) is 1.23. The minimum absolute atomic E-state index is 0.0342. The lowest BCUT2D eigenvalue weighted by Crippen LogP contribution is -1.90. The molecule has 0 amide bonds. The first-order valence-electron chi connectivity index (χ1n) is 5.05. The van der Waals surface area contributed by atoms with Crippen LogP contribution in [0, 0.1) is 0 Å². The number of hydrogen-bond acceptors (Lipinski definition) is 5. The van der Waals surface area contributed by atoms with Crippen molar-refractivity contribution in [3.63, 3.8) is 0 Å². The molecule has 2 rings (SSSR count). The van der Waals surface area contributed by atoms with E-state index in [4.69, 9.17) is 9.84 Å². The first-order valence-corrected chi connectivity index (χ1v) is 5.87. The van der Waals surface area contributed by atoms with Crippen LogP contribution in [0.4, 0.5) is 0 Å². The number of nitrogens with zero attached hydrogens (tertiary/aromatic N) is 2. The third-order valence-corrected chi connectivity index (χ3v) is 3.03. The Kier molecular flexibility index (Phi) is 3.95. The Bertz CT molecular complexity index is 425. The highest BCUT2D eigenvalue weighted by molar-refractivity contribution is 7.99. The molecular formula is C12H12N2O2S. The highest BCUT2D eigenvalue weighted by Crippen LogP contribution is 2.25. The average Bonchev–Trinajstić information content (AvgIpc) is 2.40. The number of hydrogen-bond donors (Lipinski definition) is 1. The van der Waals surface area contributed by atoms with Gasteiger partial charge in [-0.05, 0) is 36.0 Å². The molecule has 1 aromatic carbocycles. The summed E-state index contributed by atoms with van der Waals surface area (Å²) in [6.07, 6.45) is 3.25.